The van der Waals surface area contributed by atoms with Crippen molar-refractivity contribution < 1.29 is 80.2 Å². The van der Waals surface area contributed by atoms with Crippen LogP contribution in [0.3, 0.4) is 0 Å². The number of hydrogen-bond acceptors (Lipinski definition) is 15. The van der Waals surface area contributed by atoms with Crippen LogP contribution in [0.5, 0.6) is 0 Å². The molecule has 18 heteroatoms. The molecule has 0 spiro atoms. The Morgan fingerprint density at radius 1 is 0.783 bits per heavy atom. The summed E-state index contributed by atoms with van der Waals surface area (Å²) < 4.78 is 44.8. The van der Waals surface area contributed by atoms with E-state index in [2.05, 4.69) is 96.3 Å². The summed E-state index contributed by atoms with van der Waals surface area (Å²) in [4.78, 5) is 32.7. The van der Waals surface area contributed by atoms with Gasteiger partial charge in [-0.3, -0.25) is 9.69 Å². The smallest absolute Gasteiger partial charge is 0.407 e. The predicted octanol–water partition coefficient (Wildman–Crippen LogP) is 4.97. The van der Waals surface area contributed by atoms with E-state index in [9.17, 15) is 30.0 Å². The van der Waals surface area contributed by atoms with E-state index in [1.807, 2.05) is 58.6 Å². The number of aliphatic hydroxyl groups excluding tert-OH is 2. The lowest BCUT2D eigenvalue weighted by atomic mass is 9.77. The molecule has 6 rings (SSSR count). The van der Waals surface area contributed by atoms with Gasteiger partial charge in [0.2, 0.25) is 0 Å². The van der Waals surface area contributed by atoms with Gasteiger partial charge in [0.15, 0.2) is 18.7 Å². The predicted molar refractivity (Wildman–Crippen MR) is 324 cm³/mol. The van der Waals surface area contributed by atoms with E-state index in [0.29, 0.717) is 19.5 Å². The maximum atomic E-state index is 14.9. The van der Waals surface area contributed by atoms with E-state index in [1.165, 1.54) is 23.0 Å². The number of methoxy groups -OCH3 is 1. The summed E-state index contributed by atoms with van der Waals surface area (Å²) in [6, 6.07) is 32.0. The van der Waals surface area contributed by atoms with Crippen molar-refractivity contribution in [2.45, 2.75) is 224 Å². The monoisotopic (exact) mass is 1240 g/mol. The fraction of sp³-hybridized carbons (Fsp3) is 0.692. The molecule has 0 aliphatic carbocycles. The van der Waals surface area contributed by atoms with Crippen LogP contribution in [0.1, 0.15) is 133 Å². The van der Waals surface area contributed by atoms with Crippen LogP contribution in [0.4, 0.5) is 4.79 Å². The Morgan fingerprint density at radius 2 is 1.33 bits per heavy atom. The second-order valence-corrected chi connectivity index (χ2v) is 28.8. The number of aliphatic hydroxyl groups is 4. The lowest BCUT2D eigenvalue weighted by molar-refractivity contribution is -0.318. The van der Waals surface area contributed by atoms with Gasteiger partial charge < -0.3 is 80.8 Å². The first-order valence-electron chi connectivity index (χ1n) is 30.4. The molecule has 468 valence electrons. The van der Waals surface area contributed by atoms with Crippen LogP contribution in [0.25, 0.3) is 0 Å². The first-order valence-corrected chi connectivity index (χ1v) is 32.3. The average Bonchev–Trinajstić information content (AvgIpc) is 3.70. The molecule has 3 heterocycles. The fourth-order valence-corrected chi connectivity index (χ4v) is 17.8. The number of unbranched alkanes of at least 4 members (excludes halogenated alkanes) is 5. The van der Waals surface area contributed by atoms with Crippen LogP contribution < -0.4 is 38.2 Å². The number of nitrogens with zero attached hydrogens (tertiary/aromatic N) is 2. The average molecular weight is 1250 g/mol. The van der Waals surface area contributed by atoms with Gasteiger partial charge in [-0.15, -0.1) is 0 Å². The Hall–Kier alpha value is -3.13. The molecule has 16 nitrogen and oxygen atoms in total. The highest BCUT2D eigenvalue weighted by atomic mass is 79.9. The minimum absolute atomic E-state index is 0. The van der Waals surface area contributed by atoms with Crippen LogP contribution >= 0.6 is 7.26 Å². The number of rotatable bonds is 20. The number of hydrogen-bond donors (Lipinski definition) is 5. The number of halogens is 1. The van der Waals surface area contributed by atoms with Crippen LogP contribution in [0, 0.1) is 17.8 Å². The van der Waals surface area contributed by atoms with Crippen molar-refractivity contribution >= 4 is 35.2 Å². The zero-order valence-electron chi connectivity index (χ0n) is 52.2. The number of nitrogens with one attached hydrogen (secondary N) is 1. The molecule has 3 aliphatic rings. The molecule has 83 heavy (non-hydrogen) atoms. The first kappa shape index (κ1) is 70.6. The summed E-state index contributed by atoms with van der Waals surface area (Å²) in [7, 11) is 5.28. The number of likely N-dealkylation sites (N-methyl/N-ethyl adjacent to an activating group) is 2. The lowest BCUT2D eigenvalue weighted by Gasteiger charge is -2.48. The summed E-state index contributed by atoms with van der Waals surface area (Å²) in [5, 5.41) is 55.7. The van der Waals surface area contributed by atoms with Gasteiger partial charge in [0, 0.05) is 44.6 Å². The van der Waals surface area contributed by atoms with Crippen molar-refractivity contribution in [2.24, 2.45) is 17.8 Å². The number of alkyl carbamates (subject to hydrolysis) is 1. The summed E-state index contributed by atoms with van der Waals surface area (Å²) >= 11 is 0. The summed E-state index contributed by atoms with van der Waals surface area (Å²) in [6.45, 7) is 18.6. The van der Waals surface area contributed by atoms with Gasteiger partial charge >= 0.3 is 12.1 Å². The maximum absolute atomic E-state index is 14.9. The summed E-state index contributed by atoms with van der Waals surface area (Å²) in [5.41, 5.74) is -4.59. The van der Waals surface area contributed by atoms with E-state index in [4.69, 9.17) is 33.2 Å². The molecule has 3 fully saturated rings. The molecule has 0 unspecified atom stereocenters. The molecule has 1 amide bonds. The van der Waals surface area contributed by atoms with E-state index in [-0.39, 0.29) is 54.3 Å². The second-order valence-electron chi connectivity index (χ2n) is 25.1. The van der Waals surface area contributed by atoms with Gasteiger partial charge in [-0.1, -0.05) is 94.6 Å². The molecule has 3 aliphatic heterocycles. The largest absolute Gasteiger partial charge is 1.00 e. The molecular weight excluding hydrogens is 1140 g/mol. The molecule has 18 atom stereocenters. The Labute approximate surface area is 508 Å². The normalized spacial score (nSPS) is 35.3. The standard InChI is InChI=1S/C65H102N3O13P.BrH/c1-15-53-65(10,74)59(81-62(72)66-37-29-18-16-17-19-30-38-82(49-31-23-20-24-32-49,50-33-25-21-26-34-50)51-35-27-22-28-36-51)47(6)68(13)42-43(2)40-63(8,73)58(80-61-55(69)52(67(11)12)39-44(3)76-61)45(4)56(46(5)60(71)78-53)79-54-41-64(9,75-14)57(70)48(7)77-54;/h20-28,31-36,43-48,52-59,61,69-70,73-74H,15-19,29-30,37-42H2,1-14H3;1H/t43-,44-,45+,46-,47-,48+,52+,53-,54+,55-,56+,57+,58-,59-,61+,63-,64-,65-;/m1./s1. The third-order valence-electron chi connectivity index (χ3n) is 18.2. The molecule has 3 saturated heterocycles. The fourth-order valence-electron chi connectivity index (χ4n) is 13.3. The SMILES string of the molecule is CC[C@H]1OC(=O)[C@H](C)[C@@H](O[C@H]2C[C@@](C)(OC)[C@@H](O)[C@H](C)O2)[C@H](C)[C@@H](O[C@@H]2O[C@H](C)C[C@H](N(C)C)[C@H]2O)[C@](C)(O)C[C@@H](C)CN(C)[C@H](C)[C@@H](OC(=O)NCCCCCCCC[P+](c2ccccc2)(c2ccccc2)c2ccccc2)[C@]1(C)O.[Br-]. The van der Waals surface area contributed by atoms with Gasteiger partial charge in [-0.25, -0.2) is 4.79 Å². The molecular formula is C65H103BrN3O13P. The minimum atomic E-state index is -1.90. The zero-order chi connectivity index (χ0) is 60.2. The zero-order valence-corrected chi connectivity index (χ0v) is 54.7. The molecule has 5 N–H and O–H groups in total. The van der Waals surface area contributed by atoms with E-state index >= 15 is 0 Å². The van der Waals surface area contributed by atoms with Crippen LogP contribution in [0.15, 0.2) is 91.0 Å². The first-order chi connectivity index (χ1) is 38.8. The highest BCUT2D eigenvalue weighted by Gasteiger charge is 2.54. The van der Waals surface area contributed by atoms with E-state index in [0.717, 1.165) is 44.7 Å². The van der Waals surface area contributed by atoms with Gasteiger partial charge in [-0.05, 0) is 150 Å². The van der Waals surface area contributed by atoms with Crippen molar-refractivity contribution in [3.05, 3.63) is 91.0 Å². The molecule has 0 radical (unpaired) electrons. The number of esters is 1. The quantitative estimate of drug-likeness (QED) is 0.0577. The van der Waals surface area contributed by atoms with Gasteiger partial charge in [0.25, 0.3) is 0 Å². The number of ether oxygens (including phenoxy) is 7. The van der Waals surface area contributed by atoms with Crippen LogP contribution in [-0.2, 0) is 38.0 Å². The Morgan fingerprint density at radius 3 is 1.86 bits per heavy atom. The third kappa shape index (κ3) is 17.6. The Bertz CT molecular complexity index is 2300. The van der Waals surface area contributed by atoms with Gasteiger partial charge in [0.1, 0.15) is 47.1 Å². The van der Waals surface area contributed by atoms with Crippen LogP contribution in [0.2, 0.25) is 0 Å². The lowest BCUT2D eigenvalue weighted by Crippen LogP contribution is -3.00. The minimum Gasteiger partial charge on any atom is -1.00 e. The topological polar surface area (TPSA) is 198 Å². The maximum Gasteiger partial charge on any atom is 0.407 e. The third-order valence-corrected chi connectivity index (χ3v) is 22.7. The van der Waals surface area contributed by atoms with E-state index in [1.54, 1.807) is 41.5 Å². The number of carbonyl (C=O) groups excluding carboxylic acids is 2. The Kier molecular flexibility index (Phi) is 27.0. The highest BCUT2D eigenvalue weighted by molar-refractivity contribution is 7.95. The van der Waals surface area contributed by atoms with Crippen molar-refractivity contribution in [1.29, 1.82) is 0 Å². The molecule has 0 saturated carbocycles. The molecule has 0 bridgehead atoms. The van der Waals surface area contributed by atoms with Crippen molar-refractivity contribution in [2.75, 3.05) is 47.5 Å². The van der Waals surface area contributed by atoms with Crippen molar-refractivity contribution in [3.63, 3.8) is 0 Å². The number of benzene rings is 3. The van der Waals surface area contributed by atoms with Gasteiger partial charge in [0.05, 0.1) is 47.7 Å². The number of cyclic esters (lactones) is 1. The number of carbonyl (C=O) groups is 2. The number of amides is 1. The second kappa shape index (κ2) is 31.7. The van der Waals surface area contributed by atoms with E-state index < -0.39 is 109 Å². The van der Waals surface area contributed by atoms with Crippen molar-refractivity contribution in [3.8, 4) is 0 Å². The summed E-state index contributed by atoms with van der Waals surface area (Å²) in [5.74, 6) is -2.82. The molecule has 0 aromatic heterocycles. The molecule has 3 aromatic rings. The highest BCUT2D eigenvalue weighted by Crippen LogP contribution is 2.56. The Balaban J connectivity index is 0.0000126. The van der Waals surface area contributed by atoms with Crippen LogP contribution in [-0.4, -0.2) is 180 Å². The van der Waals surface area contributed by atoms with Crippen molar-refractivity contribution in [1.82, 2.24) is 15.1 Å². The summed E-state index contributed by atoms with van der Waals surface area (Å²) in [6.07, 6.45) is -2.39. The van der Waals surface area contributed by atoms with Gasteiger partial charge in [-0.2, -0.15) is 0 Å². The molecule has 3 aromatic carbocycles.